The Kier molecular flexibility index (Phi) is 5.56. The summed E-state index contributed by atoms with van der Waals surface area (Å²) in [5, 5.41) is 5.49. The molecule has 30 heavy (non-hydrogen) atoms. The maximum atomic E-state index is 12.7. The van der Waals surface area contributed by atoms with E-state index in [9.17, 15) is 14.4 Å². The lowest BCUT2D eigenvalue weighted by atomic mass is 10.1. The quantitative estimate of drug-likeness (QED) is 0.462. The molecule has 0 aliphatic heterocycles. The van der Waals surface area contributed by atoms with Crippen LogP contribution in [0.2, 0.25) is 0 Å². The Morgan fingerprint density at radius 2 is 1.97 bits per heavy atom. The number of nitrogens with one attached hydrogen (secondary N) is 2. The molecular weight excluding hydrogens is 420 g/mol. The lowest BCUT2D eigenvalue weighted by molar-refractivity contribution is 0.102. The minimum absolute atomic E-state index is 0.277. The van der Waals surface area contributed by atoms with E-state index in [0.717, 1.165) is 15.8 Å². The number of H-pyrrole nitrogens is 1. The summed E-state index contributed by atoms with van der Waals surface area (Å²) in [6.45, 7) is 2.00. The number of anilines is 1. The molecule has 0 radical (unpaired) electrons. The van der Waals surface area contributed by atoms with Gasteiger partial charge in [0, 0.05) is 27.9 Å². The number of rotatable bonds is 5. The van der Waals surface area contributed by atoms with Crippen molar-refractivity contribution in [1.29, 1.82) is 0 Å². The number of amides is 1. The highest BCUT2D eigenvalue weighted by atomic mass is 32.2. The SMILES string of the molecule is CCn1c(=O)[nH]c2cc(C(=O)Nc3nc(-c4ccc(SC)cc4)cs3)ccc2c1=O. The summed E-state index contributed by atoms with van der Waals surface area (Å²) < 4.78 is 1.12. The number of carbonyl (C=O) groups excluding carboxylic acids is 1. The van der Waals surface area contributed by atoms with Crippen LogP contribution in [0.5, 0.6) is 0 Å². The second-order valence-electron chi connectivity index (χ2n) is 6.46. The normalized spacial score (nSPS) is 11.0. The van der Waals surface area contributed by atoms with Gasteiger partial charge in [0.05, 0.1) is 16.6 Å². The molecule has 2 N–H and O–H groups in total. The zero-order valence-electron chi connectivity index (χ0n) is 16.3. The molecule has 2 aromatic carbocycles. The van der Waals surface area contributed by atoms with Gasteiger partial charge in [0.15, 0.2) is 5.13 Å². The molecular formula is C21H18N4O3S2. The first-order chi connectivity index (χ1) is 14.5. The van der Waals surface area contributed by atoms with Gasteiger partial charge >= 0.3 is 5.69 Å². The van der Waals surface area contributed by atoms with Gasteiger partial charge < -0.3 is 4.98 Å². The third kappa shape index (κ3) is 3.81. The van der Waals surface area contributed by atoms with Gasteiger partial charge in [-0.1, -0.05) is 12.1 Å². The first-order valence-corrected chi connectivity index (χ1v) is 11.3. The van der Waals surface area contributed by atoms with Crippen molar-refractivity contribution in [3.63, 3.8) is 0 Å². The molecule has 0 saturated heterocycles. The lowest BCUT2D eigenvalue weighted by Gasteiger charge is -2.06. The van der Waals surface area contributed by atoms with Gasteiger partial charge in [-0.15, -0.1) is 23.1 Å². The van der Waals surface area contributed by atoms with E-state index in [1.54, 1.807) is 30.8 Å². The Morgan fingerprint density at radius 3 is 2.67 bits per heavy atom. The van der Waals surface area contributed by atoms with E-state index in [4.69, 9.17) is 0 Å². The number of aromatic amines is 1. The number of aromatic nitrogens is 3. The maximum absolute atomic E-state index is 12.7. The predicted molar refractivity (Wildman–Crippen MR) is 122 cm³/mol. The average Bonchev–Trinajstić information content (AvgIpc) is 3.22. The molecule has 0 bridgehead atoms. The molecule has 152 valence electrons. The van der Waals surface area contributed by atoms with Gasteiger partial charge in [0.25, 0.3) is 11.5 Å². The van der Waals surface area contributed by atoms with Crippen molar-refractivity contribution in [1.82, 2.24) is 14.5 Å². The number of nitrogens with zero attached hydrogens (tertiary/aromatic N) is 2. The number of thioether (sulfide) groups is 1. The first kappa shape index (κ1) is 20.1. The largest absolute Gasteiger partial charge is 0.328 e. The third-order valence-electron chi connectivity index (χ3n) is 4.67. The summed E-state index contributed by atoms with van der Waals surface area (Å²) in [6.07, 6.45) is 2.02. The Morgan fingerprint density at radius 1 is 1.20 bits per heavy atom. The molecule has 0 aliphatic rings. The van der Waals surface area contributed by atoms with Crippen LogP contribution in [0.3, 0.4) is 0 Å². The minimum atomic E-state index is -0.496. The number of hydrogen-bond donors (Lipinski definition) is 2. The molecule has 9 heteroatoms. The van der Waals surface area contributed by atoms with Gasteiger partial charge in [-0.05, 0) is 43.5 Å². The molecule has 0 atom stereocenters. The van der Waals surface area contributed by atoms with E-state index in [1.807, 2.05) is 35.9 Å². The summed E-state index contributed by atoms with van der Waals surface area (Å²) in [5.41, 5.74) is 1.54. The van der Waals surface area contributed by atoms with Crippen LogP contribution in [0.1, 0.15) is 17.3 Å². The van der Waals surface area contributed by atoms with Gasteiger partial charge in [-0.25, -0.2) is 9.78 Å². The van der Waals surface area contributed by atoms with Crippen molar-refractivity contribution in [3.8, 4) is 11.3 Å². The standard InChI is InChI=1S/C21H18N4O3S2/c1-3-25-19(27)15-9-6-13(10-16(15)23-21(25)28)18(26)24-20-22-17(11-30-20)12-4-7-14(29-2)8-5-12/h4-11H,3H2,1-2H3,(H,23,28)(H,22,24,26). The molecule has 0 saturated carbocycles. The van der Waals surface area contributed by atoms with Gasteiger partial charge in [-0.3, -0.25) is 19.5 Å². The molecule has 0 aliphatic carbocycles. The smallest absolute Gasteiger partial charge is 0.307 e. The van der Waals surface area contributed by atoms with Crippen molar-refractivity contribution in [3.05, 3.63) is 74.2 Å². The van der Waals surface area contributed by atoms with Crippen LogP contribution in [0.4, 0.5) is 5.13 Å². The Bertz CT molecular complexity index is 1350. The number of carbonyl (C=O) groups is 1. The topological polar surface area (TPSA) is 96.8 Å². The van der Waals surface area contributed by atoms with Crippen LogP contribution in [0, 0.1) is 0 Å². The molecule has 0 fully saturated rings. The zero-order valence-corrected chi connectivity index (χ0v) is 17.9. The van der Waals surface area contributed by atoms with E-state index in [2.05, 4.69) is 15.3 Å². The van der Waals surface area contributed by atoms with Crippen LogP contribution < -0.4 is 16.6 Å². The van der Waals surface area contributed by atoms with E-state index < -0.39 is 5.69 Å². The van der Waals surface area contributed by atoms with Gasteiger partial charge in [-0.2, -0.15) is 0 Å². The van der Waals surface area contributed by atoms with Crippen molar-refractivity contribution >= 4 is 45.0 Å². The van der Waals surface area contributed by atoms with Crippen LogP contribution in [-0.4, -0.2) is 26.7 Å². The molecule has 2 aromatic heterocycles. The monoisotopic (exact) mass is 438 g/mol. The van der Waals surface area contributed by atoms with E-state index >= 15 is 0 Å². The predicted octanol–water partition coefficient (Wildman–Crippen LogP) is 3.81. The highest BCUT2D eigenvalue weighted by Gasteiger charge is 2.13. The highest BCUT2D eigenvalue weighted by molar-refractivity contribution is 7.98. The fourth-order valence-electron chi connectivity index (χ4n) is 3.08. The van der Waals surface area contributed by atoms with E-state index in [0.29, 0.717) is 21.6 Å². The minimum Gasteiger partial charge on any atom is -0.307 e. The molecule has 1 amide bonds. The maximum Gasteiger partial charge on any atom is 0.328 e. The molecule has 4 rings (SSSR count). The number of fused-ring (bicyclic) bond motifs is 1. The Hall–Kier alpha value is -3.17. The number of hydrogen-bond acceptors (Lipinski definition) is 6. The van der Waals surface area contributed by atoms with Crippen molar-refractivity contribution in [2.45, 2.75) is 18.4 Å². The van der Waals surface area contributed by atoms with Crippen LogP contribution >= 0.6 is 23.1 Å². The molecule has 7 nitrogen and oxygen atoms in total. The van der Waals surface area contributed by atoms with Crippen molar-refractivity contribution in [2.24, 2.45) is 0 Å². The van der Waals surface area contributed by atoms with E-state index in [-0.39, 0.29) is 18.0 Å². The Balaban J connectivity index is 1.58. The second-order valence-corrected chi connectivity index (χ2v) is 8.20. The highest BCUT2D eigenvalue weighted by Crippen LogP contribution is 2.27. The lowest BCUT2D eigenvalue weighted by Crippen LogP contribution is -2.34. The summed E-state index contributed by atoms with van der Waals surface area (Å²) in [7, 11) is 0. The fraction of sp³-hybridized carbons (Fsp3) is 0.143. The molecule has 0 spiro atoms. The first-order valence-electron chi connectivity index (χ1n) is 9.18. The zero-order chi connectivity index (χ0) is 21.3. The third-order valence-corrected chi connectivity index (χ3v) is 6.17. The summed E-state index contributed by atoms with van der Waals surface area (Å²) >= 11 is 3.00. The molecule has 4 aromatic rings. The Labute approximate surface area is 179 Å². The van der Waals surface area contributed by atoms with Gasteiger partial charge in [0.2, 0.25) is 0 Å². The summed E-state index contributed by atoms with van der Waals surface area (Å²) in [5.74, 6) is -0.365. The summed E-state index contributed by atoms with van der Waals surface area (Å²) in [4.78, 5) is 45.4. The second kappa shape index (κ2) is 8.29. The average molecular weight is 439 g/mol. The number of benzene rings is 2. The molecule has 0 unspecified atom stereocenters. The van der Waals surface area contributed by atoms with Crippen LogP contribution in [-0.2, 0) is 6.54 Å². The van der Waals surface area contributed by atoms with Crippen molar-refractivity contribution < 1.29 is 4.79 Å². The van der Waals surface area contributed by atoms with E-state index in [1.165, 1.54) is 22.3 Å². The number of thiazole rings is 1. The fourth-order valence-corrected chi connectivity index (χ4v) is 4.20. The van der Waals surface area contributed by atoms with Gasteiger partial charge in [0.1, 0.15) is 0 Å². The van der Waals surface area contributed by atoms with Crippen molar-refractivity contribution in [2.75, 3.05) is 11.6 Å². The molecule has 2 heterocycles. The summed E-state index contributed by atoms with van der Waals surface area (Å²) in [6, 6.07) is 12.7. The van der Waals surface area contributed by atoms with Crippen LogP contribution in [0.25, 0.3) is 22.2 Å². The van der Waals surface area contributed by atoms with Crippen LogP contribution in [0.15, 0.2) is 62.3 Å².